The lowest BCUT2D eigenvalue weighted by molar-refractivity contribution is -0.122. The number of amides is 1. The molecule has 0 aliphatic heterocycles. The molecule has 0 rings (SSSR count). The van der Waals surface area contributed by atoms with Crippen LogP contribution in [0, 0.1) is 0 Å². The highest BCUT2D eigenvalue weighted by atomic mass is 16.5. The van der Waals surface area contributed by atoms with Crippen molar-refractivity contribution in [2.24, 2.45) is 0 Å². The second-order valence-corrected chi connectivity index (χ2v) is 4.53. The Morgan fingerprint density at radius 3 is 2.47 bits per heavy atom. The summed E-state index contributed by atoms with van der Waals surface area (Å²) in [7, 11) is 3.70. The number of nitrogens with one attached hydrogen (secondary N) is 2. The quantitative estimate of drug-likeness (QED) is 0.564. The summed E-state index contributed by atoms with van der Waals surface area (Å²) in [6.07, 6.45) is 0. The topological polar surface area (TPSA) is 53.6 Å². The number of carbonyl (C=O) groups excluding carboxylic acids is 1. The highest BCUT2D eigenvalue weighted by molar-refractivity contribution is 5.81. The third-order valence-corrected chi connectivity index (χ3v) is 2.80. The van der Waals surface area contributed by atoms with Gasteiger partial charge in [-0.15, -0.1) is 0 Å². The van der Waals surface area contributed by atoms with Gasteiger partial charge in [0.25, 0.3) is 0 Å². The number of ether oxygens (including phenoxy) is 1. The minimum atomic E-state index is -0.160. The molecule has 0 fully saturated rings. The molecule has 0 aromatic heterocycles. The Morgan fingerprint density at radius 2 is 1.94 bits per heavy atom. The number of hydrogen-bond acceptors (Lipinski definition) is 4. The molecule has 0 spiro atoms. The van der Waals surface area contributed by atoms with Gasteiger partial charge in [-0.2, -0.15) is 0 Å². The van der Waals surface area contributed by atoms with Crippen molar-refractivity contribution in [1.29, 1.82) is 0 Å². The highest BCUT2D eigenvalue weighted by Crippen LogP contribution is 1.91. The molecule has 17 heavy (non-hydrogen) atoms. The van der Waals surface area contributed by atoms with Crippen molar-refractivity contribution in [3.05, 3.63) is 0 Å². The number of nitrogens with zero attached hydrogens (tertiary/aromatic N) is 1. The standard InChI is InChI=1S/C12H27N3O2/c1-10(2)15(4)8-6-13-11(3)12(16)14-7-9-17-5/h10-11,13H,6-9H2,1-5H3,(H,14,16). The van der Waals surface area contributed by atoms with E-state index in [9.17, 15) is 4.79 Å². The zero-order chi connectivity index (χ0) is 13.3. The second-order valence-electron chi connectivity index (χ2n) is 4.53. The van der Waals surface area contributed by atoms with Crippen LogP contribution in [0.25, 0.3) is 0 Å². The molecular weight excluding hydrogens is 218 g/mol. The van der Waals surface area contributed by atoms with E-state index in [2.05, 4.69) is 36.4 Å². The Kier molecular flexibility index (Phi) is 9.03. The Hall–Kier alpha value is -0.650. The number of likely N-dealkylation sites (N-methyl/N-ethyl adjacent to an activating group) is 1. The maximum absolute atomic E-state index is 11.6. The minimum Gasteiger partial charge on any atom is -0.383 e. The van der Waals surface area contributed by atoms with E-state index in [-0.39, 0.29) is 11.9 Å². The van der Waals surface area contributed by atoms with Gasteiger partial charge >= 0.3 is 0 Å². The van der Waals surface area contributed by atoms with Crippen LogP contribution in [-0.4, -0.2) is 63.3 Å². The smallest absolute Gasteiger partial charge is 0.236 e. The molecule has 0 aromatic rings. The van der Waals surface area contributed by atoms with Gasteiger partial charge in [0.2, 0.25) is 5.91 Å². The molecule has 0 aliphatic rings. The summed E-state index contributed by atoms with van der Waals surface area (Å²) in [5.74, 6) is 0.0225. The molecule has 0 aromatic carbocycles. The van der Waals surface area contributed by atoms with Crippen LogP contribution in [0.15, 0.2) is 0 Å². The molecule has 5 heteroatoms. The number of rotatable bonds is 9. The molecule has 2 N–H and O–H groups in total. The first-order chi connectivity index (χ1) is 7.99. The number of carbonyl (C=O) groups is 1. The maximum atomic E-state index is 11.6. The summed E-state index contributed by atoms with van der Waals surface area (Å²) < 4.78 is 4.87. The Bertz CT molecular complexity index is 210. The van der Waals surface area contributed by atoms with Crippen LogP contribution in [0.3, 0.4) is 0 Å². The molecule has 1 amide bonds. The average molecular weight is 245 g/mol. The minimum absolute atomic E-state index is 0.0225. The first-order valence-corrected chi connectivity index (χ1v) is 6.19. The third-order valence-electron chi connectivity index (χ3n) is 2.80. The van der Waals surface area contributed by atoms with E-state index >= 15 is 0 Å². The zero-order valence-electron chi connectivity index (χ0n) is 11.7. The van der Waals surface area contributed by atoms with Crippen LogP contribution in [0.2, 0.25) is 0 Å². The Balaban J connectivity index is 3.63. The zero-order valence-corrected chi connectivity index (χ0v) is 11.7. The van der Waals surface area contributed by atoms with Gasteiger partial charge in [0.15, 0.2) is 0 Å². The molecule has 1 unspecified atom stereocenters. The fraction of sp³-hybridized carbons (Fsp3) is 0.917. The van der Waals surface area contributed by atoms with Gasteiger partial charge in [-0.05, 0) is 27.8 Å². The van der Waals surface area contributed by atoms with Crippen molar-refractivity contribution in [3.8, 4) is 0 Å². The molecule has 1 atom stereocenters. The molecule has 0 heterocycles. The van der Waals surface area contributed by atoms with Crippen molar-refractivity contribution in [3.63, 3.8) is 0 Å². The molecule has 0 saturated heterocycles. The van der Waals surface area contributed by atoms with Crippen LogP contribution in [0.4, 0.5) is 0 Å². The van der Waals surface area contributed by atoms with E-state index in [0.29, 0.717) is 19.2 Å². The van der Waals surface area contributed by atoms with E-state index in [0.717, 1.165) is 13.1 Å². The van der Waals surface area contributed by atoms with Gasteiger partial charge in [-0.25, -0.2) is 0 Å². The molecule has 5 nitrogen and oxygen atoms in total. The van der Waals surface area contributed by atoms with Crippen LogP contribution >= 0.6 is 0 Å². The second kappa shape index (κ2) is 9.39. The molecular formula is C12H27N3O2. The summed E-state index contributed by atoms with van der Waals surface area (Å²) in [6.45, 7) is 9.04. The van der Waals surface area contributed by atoms with E-state index in [1.165, 1.54) is 0 Å². The lowest BCUT2D eigenvalue weighted by Gasteiger charge is -2.22. The van der Waals surface area contributed by atoms with Crippen molar-refractivity contribution in [1.82, 2.24) is 15.5 Å². The van der Waals surface area contributed by atoms with Gasteiger partial charge in [0, 0.05) is 32.8 Å². The highest BCUT2D eigenvalue weighted by Gasteiger charge is 2.11. The van der Waals surface area contributed by atoms with Crippen molar-refractivity contribution >= 4 is 5.91 Å². The van der Waals surface area contributed by atoms with E-state index < -0.39 is 0 Å². The van der Waals surface area contributed by atoms with Gasteiger partial charge in [-0.3, -0.25) is 4.79 Å². The molecule has 0 bridgehead atoms. The Labute approximate surface area is 105 Å². The van der Waals surface area contributed by atoms with Gasteiger partial charge < -0.3 is 20.3 Å². The largest absolute Gasteiger partial charge is 0.383 e. The summed E-state index contributed by atoms with van der Waals surface area (Å²) >= 11 is 0. The van der Waals surface area contributed by atoms with Gasteiger partial charge in [0.1, 0.15) is 0 Å². The normalized spacial score (nSPS) is 13.1. The van der Waals surface area contributed by atoms with E-state index in [4.69, 9.17) is 4.74 Å². The third kappa shape index (κ3) is 8.12. The lowest BCUT2D eigenvalue weighted by atomic mass is 10.3. The van der Waals surface area contributed by atoms with Crippen LogP contribution in [-0.2, 0) is 9.53 Å². The fourth-order valence-corrected chi connectivity index (χ4v) is 1.24. The average Bonchev–Trinajstić information content (AvgIpc) is 2.28. The summed E-state index contributed by atoms with van der Waals surface area (Å²) in [6, 6.07) is 0.370. The van der Waals surface area contributed by atoms with Crippen LogP contribution < -0.4 is 10.6 Å². The SMILES string of the molecule is COCCNC(=O)C(C)NCCN(C)C(C)C. The monoisotopic (exact) mass is 245 g/mol. The summed E-state index contributed by atoms with van der Waals surface area (Å²) in [5.41, 5.74) is 0. The Morgan fingerprint density at radius 1 is 1.29 bits per heavy atom. The van der Waals surface area contributed by atoms with Crippen molar-refractivity contribution < 1.29 is 9.53 Å². The number of hydrogen-bond donors (Lipinski definition) is 2. The maximum Gasteiger partial charge on any atom is 0.236 e. The van der Waals surface area contributed by atoms with Crippen LogP contribution in [0.5, 0.6) is 0 Å². The first kappa shape index (κ1) is 16.4. The molecule has 0 aliphatic carbocycles. The van der Waals surface area contributed by atoms with E-state index in [1.807, 2.05) is 6.92 Å². The predicted molar refractivity (Wildman–Crippen MR) is 70.1 cm³/mol. The predicted octanol–water partition coefficient (Wildman–Crippen LogP) is 0.0673. The first-order valence-electron chi connectivity index (χ1n) is 6.19. The van der Waals surface area contributed by atoms with Crippen molar-refractivity contribution in [2.75, 3.05) is 40.4 Å². The van der Waals surface area contributed by atoms with E-state index in [1.54, 1.807) is 7.11 Å². The molecule has 0 saturated carbocycles. The van der Waals surface area contributed by atoms with Crippen molar-refractivity contribution in [2.45, 2.75) is 32.9 Å². The molecule has 0 radical (unpaired) electrons. The van der Waals surface area contributed by atoms with Gasteiger partial charge in [0.05, 0.1) is 12.6 Å². The lowest BCUT2D eigenvalue weighted by Crippen LogP contribution is -2.45. The number of methoxy groups -OCH3 is 1. The summed E-state index contributed by atoms with van der Waals surface area (Å²) in [4.78, 5) is 13.8. The fourth-order valence-electron chi connectivity index (χ4n) is 1.24. The van der Waals surface area contributed by atoms with Crippen LogP contribution in [0.1, 0.15) is 20.8 Å². The molecule has 102 valence electrons. The van der Waals surface area contributed by atoms with Gasteiger partial charge in [-0.1, -0.05) is 0 Å². The summed E-state index contributed by atoms with van der Waals surface area (Å²) in [5, 5.41) is 6.00.